The van der Waals surface area contributed by atoms with Crippen LogP contribution >= 0.6 is 11.3 Å². The van der Waals surface area contributed by atoms with Gasteiger partial charge in [-0.1, -0.05) is 56.6 Å². The molecule has 0 bridgehead atoms. The summed E-state index contributed by atoms with van der Waals surface area (Å²) in [5, 5.41) is 12.4. The summed E-state index contributed by atoms with van der Waals surface area (Å²) in [7, 11) is 0. The number of hydrogen-bond acceptors (Lipinski definition) is 5. The zero-order valence-corrected chi connectivity index (χ0v) is 15.9. The van der Waals surface area contributed by atoms with Gasteiger partial charge >= 0.3 is 0 Å². The van der Waals surface area contributed by atoms with Gasteiger partial charge in [0.1, 0.15) is 10.8 Å². The van der Waals surface area contributed by atoms with Gasteiger partial charge < -0.3 is 10.1 Å². The van der Waals surface area contributed by atoms with E-state index in [0.717, 1.165) is 30.0 Å². The van der Waals surface area contributed by atoms with Gasteiger partial charge in [-0.05, 0) is 30.5 Å². The molecular formula is C19H27N3O2S. The maximum Gasteiger partial charge on any atom is 0.226 e. The van der Waals surface area contributed by atoms with Crippen LogP contribution in [0.25, 0.3) is 0 Å². The molecular weight excluding hydrogens is 334 g/mol. The van der Waals surface area contributed by atoms with E-state index in [4.69, 9.17) is 4.74 Å². The molecule has 136 valence electrons. The van der Waals surface area contributed by atoms with Gasteiger partial charge in [0.15, 0.2) is 0 Å². The highest BCUT2D eigenvalue weighted by Crippen LogP contribution is 2.18. The number of rotatable bonds is 11. The highest BCUT2D eigenvalue weighted by Gasteiger charge is 2.08. The summed E-state index contributed by atoms with van der Waals surface area (Å²) in [4.78, 5) is 11.8. The van der Waals surface area contributed by atoms with Crippen molar-refractivity contribution in [2.75, 3.05) is 11.9 Å². The third-order valence-electron chi connectivity index (χ3n) is 3.89. The van der Waals surface area contributed by atoms with Gasteiger partial charge in [-0.3, -0.25) is 4.79 Å². The molecule has 5 nitrogen and oxygen atoms in total. The van der Waals surface area contributed by atoms with Crippen molar-refractivity contribution in [3.05, 3.63) is 34.8 Å². The number of hydrogen-bond donors (Lipinski definition) is 1. The molecule has 0 aliphatic heterocycles. The molecule has 1 amide bonds. The van der Waals surface area contributed by atoms with E-state index in [0.29, 0.717) is 24.6 Å². The fourth-order valence-electron chi connectivity index (χ4n) is 2.38. The molecule has 0 unspecified atom stereocenters. The third-order valence-corrected chi connectivity index (χ3v) is 4.79. The minimum atomic E-state index is 0.0195. The summed E-state index contributed by atoms with van der Waals surface area (Å²) in [6, 6.07) is 8.13. The van der Waals surface area contributed by atoms with Gasteiger partial charge in [0.2, 0.25) is 11.0 Å². The number of anilines is 1. The number of aromatic nitrogens is 2. The van der Waals surface area contributed by atoms with Gasteiger partial charge in [-0.2, -0.15) is 0 Å². The first-order valence-corrected chi connectivity index (χ1v) is 9.87. The largest absolute Gasteiger partial charge is 0.493 e. The van der Waals surface area contributed by atoms with Crippen LogP contribution in [0.15, 0.2) is 24.3 Å². The van der Waals surface area contributed by atoms with Crippen LogP contribution in [-0.4, -0.2) is 22.7 Å². The molecule has 0 radical (unpaired) electrons. The summed E-state index contributed by atoms with van der Waals surface area (Å²) in [5.74, 6) is 0.883. The highest BCUT2D eigenvalue weighted by molar-refractivity contribution is 7.15. The minimum Gasteiger partial charge on any atom is -0.493 e. The van der Waals surface area contributed by atoms with Crippen molar-refractivity contribution in [2.24, 2.45) is 0 Å². The van der Waals surface area contributed by atoms with Crippen LogP contribution in [-0.2, 0) is 17.6 Å². The van der Waals surface area contributed by atoms with Crippen molar-refractivity contribution < 1.29 is 9.53 Å². The van der Waals surface area contributed by atoms with Crippen molar-refractivity contribution in [1.29, 1.82) is 0 Å². The van der Waals surface area contributed by atoms with E-state index < -0.39 is 0 Å². The van der Waals surface area contributed by atoms with E-state index in [9.17, 15) is 4.79 Å². The van der Waals surface area contributed by atoms with E-state index in [1.54, 1.807) is 0 Å². The lowest BCUT2D eigenvalue weighted by atomic mass is 10.1. The van der Waals surface area contributed by atoms with Crippen LogP contribution in [0.2, 0.25) is 0 Å². The lowest BCUT2D eigenvalue weighted by Crippen LogP contribution is -2.10. The zero-order valence-electron chi connectivity index (χ0n) is 15.1. The van der Waals surface area contributed by atoms with Crippen LogP contribution in [0.3, 0.4) is 0 Å². The van der Waals surface area contributed by atoms with Crippen LogP contribution < -0.4 is 10.1 Å². The first-order valence-electron chi connectivity index (χ1n) is 9.05. The average molecular weight is 362 g/mol. The number of carbonyl (C=O) groups excluding carboxylic acids is 1. The van der Waals surface area contributed by atoms with Crippen LogP contribution in [0.1, 0.15) is 56.5 Å². The van der Waals surface area contributed by atoms with Crippen LogP contribution in [0.5, 0.6) is 5.75 Å². The Morgan fingerprint density at radius 3 is 2.64 bits per heavy atom. The van der Waals surface area contributed by atoms with Crippen molar-refractivity contribution >= 4 is 22.4 Å². The average Bonchev–Trinajstić information content (AvgIpc) is 3.06. The van der Waals surface area contributed by atoms with Crippen molar-refractivity contribution in [3.8, 4) is 5.75 Å². The lowest BCUT2D eigenvalue weighted by Gasteiger charge is -2.05. The molecule has 2 aromatic rings. The summed E-state index contributed by atoms with van der Waals surface area (Å²) in [6.07, 6.45) is 6.63. The van der Waals surface area contributed by atoms with Crippen LogP contribution in [0, 0.1) is 0 Å². The van der Waals surface area contributed by atoms with Gasteiger partial charge in [0.05, 0.1) is 6.61 Å². The Hall–Kier alpha value is -1.95. The van der Waals surface area contributed by atoms with Gasteiger partial charge in [-0.25, -0.2) is 0 Å². The second kappa shape index (κ2) is 10.8. The van der Waals surface area contributed by atoms with Crippen LogP contribution in [0.4, 0.5) is 5.13 Å². The molecule has 1 heterocycles. The molecule has 1 aromatic carbocycles. The smallest absolute Gasteiger partial charge is 0.226 e. The van der Waals surface area contributed by atoms with E-state index in [1.807, 2.05) is 12.1 Å². The molecule has 0 saturated carbocycles. The van der Waals surface area contributed by atoms with E-state index in [2.05, 4.69) is 41.5 Å². The zero-order chi connectivity index (χ0) is 17.9. The molecule has 1 N–H and O–H groups in total. The minimum absolute atomic E-state index is 0.0195. The monoisotopic (exact) mass is 361 g/mol. The van der Waals surface area contributed by atoms with Crippen molar-refractivity contribution in [2.45, 2.75) is 58.8 Å². The first kappa shape index (κ1) is 19.4. The summed E-state index contributed by atoms with van der Waals surface area (Å²) in [6.45, 7) is 4.84. The molecule has 0 spiro atoms. The number of unbranched alkanes of at least 4 members (excludes halogenated alkanes) is 3. The Balaban J connectivity index is 1.69. The van der Waals surface area contributed by atoms with E-state index in [-0.39, 0.29) is 5.91 Å². The molecule has 2 rings (SSSR count). The Morgan fingerprint density at radius 1 is 1.12 bits per heavy atom. The predicted molar refractivity (Wildman–Crippen MR) is 102 cm³/mol. The number of amides is 1. The standard InChI is InChI=1S/C19H27N3O2S/c1-3-5-6-7-8-17(23)20-19-22-21-18(25-19)13-14-24-16-11-9-15(4-2)10-12-16/h9-12H,3-8,13-14H2,1-2H3,(H,20,22,23). The first-order chi connectivity index (χ1) is 12.2. The summed E-state index contributed by atoms with van der Waals surface area (Å²) in [5.41, 5.74) is 1.30. The Bertz CT molecular complexity index is 640. The molecule has 25 heavy (non-hydrogen) atoms. The highest BCUT2D eigenvalue weighted by atomic mass is 32.1. The van der Waals surface area contributed by atoms with Gasteiger partial charge in [-0.15, -0.1) is 10.2 Å². The van der Waals surface area contributed by atoms with Crippen molar-refractivity contribution in [3.63, 3.8) is 0 Å². The SMILES string of the molecule is CCCCCCC(=O)Nc1nnc(CCOc2ccc(CC)cc2)s1. The number of ether oxygens (including phenoxy) is 1. The number of aryl methyl sites for hydroxylation is 1. The Morgan fingerprint density at radius 2 is 1.92 bits per heavy atom. The number of nitrogens with one attached hydrogen (secondary N) is 1. The Labute approximate surface area is 153 Å². The van der Waals surface area contributed by atoms with E-state index >= 15 is 0 Å². The summed E-state index contributed by atoms with van der Waals surface area (Å²) < 4.78 is 5.73. The molecule has 1 aromatic heterocycles. The molecule has 0 aliphatic rings. The van der Waals surface area contributed by atoms with E-state index in [1.165, 1.54) is 29.7 Å². The fourth-order valence-corrected chi connectivity index (χ4v) is 3.11. The molecule has 6 heteroatoms. The maximum absolute atomic E-state index is 11.8. The predicted octanol–water partition coefficient (Wildman–Crippen LogP) is 4.63. The lowest BCUT2D eigenvalue weighted by molar-refractivity contribution is -0.116. The van der Waals surface area contributed by atoms with Gasteiger partial charge in [0.25, 0.3) is 0 Å². The van der Waals surface area contributed by atoms with Crippen molar-refractivity contribution in [1.82, 2.24) is 10.2 Å². The quantitative estimate of drug-likeness (QED) is 0.593. The molecule has 0 fully saturated rings. The Kier molecular flexibility index (Phi) is 8.39. The molecule has 0 atom stereocenters. The summed E-state index contributed by atoms with van der Waals surface area (Å²) >= 11 is 1.41. The van der Waals surface area contributed by atoms with Gasteiger partial charge in [0, 0.05) is 12.8 Å². The normalized spacial score (nSPS) is 10.6. The molecule has 0 saturated heterocycles. The number of benzene rings is 1. The second-order valence-electron chi connectivity index (χ2n) is 5.96. The topological polar surface area (TPSA) is 64.1 Å². The third kappa shape index (κ3) is 7.22. The molecule has 0 aliphatic carbocycles. The number of carbonyl (C=O) groups is 1. The second-order valence-corrected chi connectivity index (χ2v) is 7.02. The number of nitrogens with zero attached hydrogens (tertiary/aromatic N) is 2. The fraction of sp³-hybridized carbons (Fsp3) is 0.526. The maximum atomic E-state index is 11.8.